The summed E-state index contributed by atoms with van der Waals surface area (Å²) in [6.07, 6.45) is 1.91. The Balaban J connectivity index is 1.99. The summed E-state index contributed by atoms with van der Waals surface area (Å²) >= 11 is 0. The minimum atomic E-state index is -0.511. The maximum Gasteiger partial charge on any atom is 0.251 e. The summed E-state index contributed by atoms with van der Waals surface area (Å²) in [6, 6.07) is 3.80. The van der Waals surface area contributed by atoms with Crippen LogP contribution in [0.25, 0.3) is 0 Å². The smallest absolute Gasteiger partial charge is 0.251 e. The van der Waals surface area contributed by atoms with Crippen LogP contribution in [0.1, 0.15) is 30.1 Å². The first-order valence-corrected chi connectivity index (χ1v) is 5.97. The molecule has 4 nitrogen and oxygen atoms in total. The fourth-order valence-corrected chi connectivity index (χ4v) is 2.09. The van der Waals surface area contributed by atoms with Gasteiger partial charge in [-0.2, -0.15) is 0 Å². The lowest BCUT2D eigenvalue weighted by Gasteiger charge is -2.23. The Morgan fingerprint density at radius 1 is 1.56 bits per heavy atom. The molecule has 0 aromatic heterocycles. The van der Waals surface area contributed by atoms with Crippen LogP contribution in [0.2, 0.25) is 0 Å². The molecule has 1 heterocycles. The molecule has 0 bridgehead atoms. The van der Waals surface area contributed by atoms with Crippen LogP contribution >= 0.6 is 0 Å². The van der Waals surface area contributed by atoms with E-state index in [0.29, 0.717) is 6.54 Å². The Hall–Kier alpha value is -1.62. The van der Waals surface area contributed by atoms with E-state index in [4.69, 9.17) is 10.5 Å². The lowest BCUT2D eigenvalue weighted by molar-refractivity contribution is 0.0206. The zero-order chi connectivity index (χ0) is 13.2. The summed E-state index contributed by atoms with van der Waals surface area (Å²) < 4.78 is 18.7. The fraction of sp³-hybridized carbons (Fsp3) is 0.462. The number of nitrogens with two attached hydrogens (primary N) is 1. The van der Waals surface area contributed by atoms with Gasteiger partial charge >= 0.3 is 0 Å². The van der Waals surface area contributed by atoms with Gasteiger partial charge in [-0.3, -0.25) is 4.79 Å². The molecule has 2 rings (SSSR count). The number of rotatable bonds is 3. The molecule has 1 amide bonds. The maximum atomic E-state index is 13.1. The quantitative estimate of drug-likeness (QED) is 0.805. The number of carbonyl (C=O) groups excluding carboxylic acids is 1. The first kappa shape index (κ1) is 12.8. The second-order valence-electron chi connectivity index (χ2n) is 4.86. The highest BCUT2D eigenvalue weighted by atomic mass is 19.1. The third kappa shape index (κ3) is 2.98. The van der Waals surface area contributed by atoms with Crippen molar-refractivity contribution in [2.75, 3.05) is 18.9 Å². The van der Waals surface area contributed by atoms with Crippen molar-refractivity contribution in [2.45, 2.75) is 25.4 Å². The van der Waals surface area contributed by atoms with Gasteiger partial charge in [-0.05, 0) is 38.0 Å². The van der Waals surface area contributed by atoms with E-state index in [1.807, 2.05) is 6.92 Å². The van der Waals surface area contributed by atoms with Crippen LogP contribution in [0.5, 0.6) is 0 Å². The van der Waals surface area contributed by atoms with Gasteiger partial charge in [0, 0.05) is 24.4 Å². The predicted octanol–water partition coefficient (Wildman–Crippen LogP) is 1.71. The van der Waals surface area contributed by atoms with E-state index in [1.54, 1.807) is 0 Å². The van der Waals surface area contributed by atoms with E-state index >= 15 is 0 Å². The Morgan fingerprint density at radius 2 is 2.33 bits per heavy atom. The molecule has 5 heteroatoms. The highest BCUT2D eigenvalue weighted by molar-refractivity contribution is 5.95. The summed E-state index contributed by atoms with van der Waals surface area (Å²) in [5, 5.41) is 2.75. The predicted molar refractivity (Wildman–Crippen MR) is 66.7 cm³/mol. The molecule has 1 saturated heterocycles. The molecule has 0 saturated carbocycles. The van der Waals surface area contributed by atoms with Gasteiger partial charge in [-0.1, -0.05) is 0 Å². The van der Waals surface area contributed by atoms with E-state index in [0.717, 1.165) is 19.4 Å². The summed E-state index contributed by atoms with van der Waals surface area (Å²) in [6.45, 7) is 3.10. The van der Waals surface area contributed by atoms with Gasteiger partial charge in [-0.25, -0.2) is 4.39 Å². The molecule has 1 aliphatic rings. The number of carbonyl (C=O) groups is 1. The number of halogens is 1. The Morgan fingerprint density at radius 3 is 2.94 bits per heavy atom. The van der Waals surface area contributed by atoms with Crippen molar-refractivity contribution in [1.82, 2.24) is 5.32 Å². The monoisotopic (exact) mass is 252 g/mol. The Labute approximate surface area is 105 Å². The molecule has 1 unspecified atom stereocenters. The lowest BCUT2D eigenvalue weighted by atomic mass is 10.0. The number of nitrogens with one attached hydrogen (secondary N) is 1. The Kier molecular flexibility index (Phi) is 3.52. The van der Waals surface area contributed by atoms with Gasteiger partial charge in [0.1, 0.15) is 5.82 Å². The molecule has 1 aromatic carbocycles. The minimum absolute atomic E-state index is 0.231. The van der Waals surface area contributed by atoms with Crippen molar-refractivity contribution < 1.29 is 13.9 Å². The van der Waals surface area contributed by atoms with Crippen molar-refractivity contribution in [1.29, 1.82) is 0 Å². The topological polar surface area (TPSA) is 64.4 Å². The van der Waals surface area contributed by atoms with Crippen LogP contribution in [0.3, 0.4) is 0 Å². The normalized spacial score (nSPS) is 23.0. The number of amides is 1. The summed E-state index contributed by atoms with van der Waals surface area (Å²) in [5.74, 6) is -0.846. The largest absolute Gasteiger partial charge is 0.399 e. The van der Waals surface area contributed by atoms with Crippen LogP contribution in [0, 0.1) is 5.82 Å². The fourth-order valence-electron chi connectivity index (χ4n) is 2.09. The molecule has 98 valence electrons. The van der Waals surface area contributed by atoms with Crippen molar-refractivity contribution in [3.63, 3.8) is 0 Å². The number of hydrogen-bond donors (Lipinski definition) is 2. The average molecular weight is 252 g/mol. The van der Waals surface area contributed by atoms with Crippen LogP contribution in [-0.2, 0) is 4.74 Å². The van der Waals surface area contributed by atoms with E-state index in [-0.39, 0.29) is 22.8 Å². The number of nitrogen functional groups attached to an aromatic ring is 1. The third-order valence-electron chi connectivity index (χ3n) is 3.11. The van der Waals surface area contributed by atoms with Gasteiger partial charge in [0.05, 0.1) is 5.60 Å². The zero-order valence-electron chi connectivity index (χ0n) is 10.3. The van der Waals surface area contributed by atoms with Crippen molar-refractivity contribution >= 4 is 11.6 Å². The van der Waals surface area contributed by atoms with Crippen molar-refractivity contribution in [2.24, 2.45) is 0 Å². The summed E-state index contributed by atoms with van der Waals surface area (Å²) in [5.41, 5.74) is 5.66. The van der Waals surface area contributed by atoms with Gasteiger partial charge in [0.15, 0.2) is 0 Å². The lowest BCUT2D eigenvalue weighted by Crippen LogP contribution is -2.40. The molecule has 1 atom stereocenters. The molecule has 0 radical (unpaired) electrons. The Bertz CT molecular complexity index is 436. The van der Waals surface area contributed by atoms with Crippen molar-refractivity contribution in [3.8, 4) is 0 Å². The van der Waals surface area contributed by atoms with Crippen molar-refractivity contribution in [3.05, 3.63) is 29.6 Å². The SMILES string of the molecule is CC1(CNC(=O)c2cc(N)cc(F)c2)CCCO1. The van der Waals surface area contributed by atoms with E-state index < -0.39 is 5.82 Å². The first-order valence-electron chi connectivity index (χ1n) is 5.97. The van der Waals surface area contributed by atoms with Crippen LogP contribution < -0.4 is 11.1 Å². The molecule has 1 fully saturated rings. The molecule has 18 heavy (non-hydrogen) atoms. The maximum absolute atomic E-state index is 13.1. The number of anilines is 1. The molecular formula is C13H17FN2O2. The van der Waals surface area contributed by atoms with E-state index in [9.17, 15) is 9.18 Å². The summed E-state index contributed by atoms with van der Waals surface area (Å²) in [4.78, 5) is 11.9. The highest BCUT2D eigenvalue weighted by Gasteiger charge is 2.30. The molecule has 1 aliphatic heterocycles. The number of hydrogen-bond acceptors (Lipinski definition) is 3. The second-order valence-corrected chi connectivity index (χ2v) is 4.86. The van der Waals surface area contributed by atoms with Gasteiger partial charge in [0.2, 0.25) is 0 Å². The van der Waals surface area contributed by atoms with Crippen LogP contribution in [0.15, 0.2) is 18.2 Å². The molecular weight excluding hydrogens is 235 g/mol. The molecule has 3 N–H and O–H groups in total. The first-order chi connectivity index (χ1) is 8.48. The number of benzene rings is 1. The van der Waals surface area contributed by atoms with E-state index in [2.05, 4.69) is 5.32 Å². The van der Waals surface area contributed by atoms with Gasteiger partial charge in [-0.15, -0.1) is 0 Å². The second kappa shape index (κ2) is 4.94. The summed E-state index contributed by atoms with van der Waals surface area (Å²) in [7, 11) is 0. The molecule has 1 aromatic rings. The van der Waals surface area contributed by atoms with Crippen LogP contribution in [-0.4, -0.2) is 24.7 Å². The van der Waals surface area contributed by atoms with Gasteiger partial charge < -0.3 is 15.8 Å². The van der Waals surface area contributed by atoms with E-state index in [1.165, 1.54) is 18.2 Å². The van der Waals surface area contributed by atoms with Gasteiger partial charge in [0.25, 0.3) is 5.91 Å². The standard InChI is InChI=1S/C13H17FN2O2/c1-13(3-2-4-18-13)8-16-12(17)9-5-10(14)7-11(15)6-9/h5-7H,2-4,8,15H2,1H3,(H,16,17). The minimum Gasteiger partial charge on any atom is -0.399 e. The third-order valence-corrected chi connectivity index (χ3v) is 3.11. The average Bonchev–Trinajstić information content (AvgIpc) is 2.72. The molecule has 0 aliphatic carbocycles. The molecule has 0 spiro atoms. The number of ether oxygens (including phenoxy) is 1. The highest BCUT2D eigenvalue weighted by Crippen LogP contribution is 2.24. The zero-order valence-corrected chi connectivity index (χ0v) is 10.3. The van der Waals surface area contributed by atoms with Crippen LogP contribution in [0.4, 0.5) is 10.1 Å².